The quantitative estimate of drug-likeness (QED) is 0.340. The Morgan fingerprint density at radius 1 is 1.07 bits per heavy atom. The molecule has 2 aromatic rings. The van der Waals surface area contributed by atoms with Crippen LogP contribution >= 0.6 is 11.8 Å². The first-order valence-corrected chi connectivity index (χ1v) is 10.5. The lowest BCUT2D eigenvalue weighted by Gasteiger charge is -2.13. The highest BCUT2D eigenvalue weighted by molar-refractivity contribution is 8.00. The number of hydrogen-bond donors (Lipinski definition) is 3. The van der Waals surface area contributed by atoms with E-state index < -0.39 is 0 Å². The molecule has 0 aliphatic rings. The summed E-state index contributed by atoms with van der Waals surface area (Å²) in [6.07, 6.45) is 0.888. The number of nitrogens with one attached hydrogen (secondary N) is 3. The normalized spacial score (nSPS) is 12.3. The van der Waals surface area contributed by atoms with E-state index >= 15 is 0 Å². The molecule has 2 rings (SSSR count). The molecule has 0 aromatic heterocycles. The highest BCUT2D eigenvalue weighted by Gasteiger charge is 2.05. The van der Waals surface area contributed by atoms with Crippen LogP contribution in [0.4, 0.5) is 5.69 Å². The predicted molar refractivity (Wildman–Crippen MR) is 120 cm³/mol. The average Bonchev–Trinajstić information content (AvgIpc) is 2.68. The lowest BCUT2D eigenvalue weighted by molar-refractivity contribution is -0.114. The third-order valence-electron chi connectivity index (χ3n) is 3.91. The standard InChI is InChI=1S/C22H30N4OS/c1-4-23-22(25-16-17(2)28-21-8-6-5-7-9-21)24-15-14-19-10-12-20(13-11-19)26-18(3)27/h5-13,17H,4,14-16H2,1-3H3,(H,26,27)(H2,23,24,25). The van der Waals surface area contributed by atoms with E-state index in [1.165, 1.54) is 17.4 Å². The first-order chi connectivity index (χ1) is 13.6. The Labute approximate surface area is 172 Å². The van der Waals surface area contributed by atoms with Gasteiger partial charge in [0.05, 0.1) is 6.54 Å². The highest BCUT2D eigenvalue weighted by Crippen LogP contribution is 2.22. The van der Waals surface area contributed by atoms with E-state index in [9.17, 15) is 4.79 Å². The lowest BCUT2D eigenvalue weighted by Crippen LogP contribution is -2.38. The van der Waals surface area contributed by atoms with Gasteiger partial charge in [-0.25, -0.2) is 0 Å². The van der Waals surface area contributed by atoms with Gasteiger partial charge in [-0.05, 0) is 43.2 Å². The summed E-state index contributed by atoms with van der Waals surface area (Å²) in [7, 11) is 0. The molecule has 150 valence electrons. The number of nitrogens with zero attached hydrogens (tertiary/aromatic N) is 1. The van der Waals surface area contributed by atoms with Crippen LogP contribution in [-0.4, -0.2) is 36.8 Å². The zero-order chi connectivity index (χ0) is 20.2. The van der Waals surface area contributed by atoms with Crippen molar-refractivity contribution in [1.82, 2.24) is 10.6 Å². The Hall–Kier alpha value is -2.47. The minimum absolute atomic E-state index is 0.0550. The Kier molecular flexibility index (Phi) is 9.42. The molecule has 1 atom stereocenters. The Morgan fingerprint density at radius 3 is 2.43 bits per heavy atom. The monoisotopic (exact) mass is 398 g/mol. The summed E-state index contributed by atoms with van der Waals surface area (Å²) < 4.78 is 0. The van der Waals surface area contributed by atoms with Gasteiger partial charge in [0.25, 0.3) is 0 Å². The van der Waals surface area contributed by atoms with Crippen LogP contribution < -0.4 is 16.0 Å². The number of rotatable bonds is 9. The van der Waals surface area contributed by atoms with E-state index in [1.807, 2.05) is 42.1 Å². The van der Waals surface area contributed by atoms with Gasteiger partial charge in [-0.3, -0.25) is 9.79 Å². The number of guanidine groups is 1. The maximum absolute atomic E-state index is 11.1. The maximum atomic E-state index is 11.1. The van der Waals surface area contributed by atoms with Gasteiger partial charge in [0.15, 0.2) is 5.96 Å². The summed E-state index contributed by atoms with van der Waals surface area (Å²) in [6.45, 7) is 8.16. The van der Waals surface area contributed by atoms with Crippen molar-refractivity contribution in [2.45, 2.75) is 37.3 Å². The van der Waals surface area contributed by atoms with Crippen molar-refractivity contribution in [3.63, 3.8) is 0 Å². The summed E-state index contributed by atoms with van der Waals surface area (Å²) in [5.41, 5.74) is 2.04. The van der Waals surface area contributed by atoms with Crippen molar-refractivity contribution in [2.75, 3.05) is 25.0 Å². The van der Waals surface area contributed by atoms with E-state index in [2.05, 4.69) is 54.1 Å². The van der Waals surface area contributed by atoms with Crippen molar-refractivity contribution >= 4 is 29.3 Å². The fourth-order valence-corrected chi connectivity index (χ4v) is 3.54. The molecule has 5 nitrogen and oxygen atoms in total. The molecule has 0 saturated carbocycles. The maximum Gasteiger partial charge on any atom is 0.221 e. The summed E-state index contributed by atoms with van der Waals surface area (Å²) >= 11 is 1.84. The fraction of sp³-hybridized carbons (Fsp3) is 0.364. The molecule has 0 aliphatic carbocycles. The third-order valence-corrected chi connectivity index (χ3v) is 5.01. The van der Waals surface area contributed by atoms with Gasteiger partial charge in [-0.2, -0.15) is 0 Å². The zero-order valence-electron chi connectivity index (χ0n) is 16.9. The molecule has 2 aromatic carbocycles. The minimum atomic E-state index is -0.0550. The number of benzene rings is 2. The van der Waals surface area contributed by atoms with Gasteiger partial charge in [0, 0.05) is 35.8 Å². The van der Waals surface area contributed by atoms with Crippen LogP contribution in [0.5, 0.6) is 0 Å². The molecule has 0 fully saturated rings. The molecule has 0 bridgehead atoms. The Morgan fingerprint density at radius 2 is 1.79 bits per heavy atom. The van der Waals surface area contributed by atoms with Crippen molar-refractivity contribution < 1.29 is 4.79 Å². The van der Waals surface area contributed by atoms with Crippen LogP contribution in [0.2, 0.25) is 0 Å². The van der Waals surface area contributed by atoms with E-state index in [4.69, 9.17) is 4.99 Å². The molecule has 28 heavy (non-hydrogen) atoms. The largest absolute Gasteiger partial charge is 0.357 e. The smallest absolute Gasteiger partial charge is 0.221 e. The highest BCUT2D eigenvalue weighted by atomic mass is 32.2. The van der Waals surface area contributed by atoms with E-state index in [-0.39, 0.29) is 5.91 Å². The number of hydrogen-bond acceptors (Lipinski definition) is 3. The molecule has 6 heteroatoms. The molecule has 0 radical (unpaired) electrons. The number of amides is 1. The number of carbonyl (C=O) groups is 1. The van der Waals surface area contributed by atoms with Gasteiger partial charge in [-0.15, -0.1) is 11.8 Å². The molecule has 0 heterocycles. The average molecular weight is 399 g/mol. The second kappa shape index (κ2) is 12.1. The summed E-state index contributed by atoms with van der Waals surface area (Å²) in [6, 6.07) is 18.4. The van der Waals surface area contributed by atoms with Crippen molar-refractivity contribution in [1.29, 1.82) is 0 Å². The van der Waals surface area contributed by atoms with Gasteiger partial charge in [0.2, 0.25) is 5.91 Å². The third kappa shape index (κ3) is 8.48. The van der Waals surface area contributed by atoms with Crippen LogP contribution in [-0.2, 0) is 11.2 Å². The zero-order valence-corrected chi connectivity index (χ0v) is 17.7. The fourth-order valence-electron chi connectivity index (χ4n) is 2.61. The summed E-state index contributed by atoms with van der Waals surface area (Å²) in [4.78, 5) is 17.1. The van der Waals surface area contributed by atoms with Crippen LogP contribution in [0.25, 0.3) is 0 Å². The minimum Gasteiger partial charge on any atom is -0.357 e. The van der Waals surface area contributed by atoms with Crippen molar-refractivity contribution in [3.05, 3.63) is 60.2 Å². The van der Waals surface area contributed by atoms with Crippen LogP contribution in [0.1, 0.15) is 26.3 Å². The van der Waals surface area contributed by atoms with E-state index in [0.717, 1.165) is 37.7 Å². The molecule has 1 unspecified atom stereocenters. The van der Waals surface area contributed by atoms with E-state index in [1.54, 1.807) is 0 Å². The number of thioether (sulfide) groups is 1. The molecule has 3 N–H and O–H groups in total. The van der Waals surface area contributed by atoms with Gasteiger partial charge < -0.3 is 16.0 Å². The van der Waals surface area contributed by atoms with Crippen LogP contribution in [0.3, 0.4) is 0 Å². The molecular formula is C22H30N4OS. The van der Waals surface area contributed by atoms with Crippen LogP contribution in [0.15, 0.2) is 64.5 Å². The second-order valence-corrected chi connectivity index (χ2v) is 8.03. The molecule has 0 aliphatic heterocycles. The Balaban J connectivity index is 1.79. The summed E-state index contributed by atoms with van der Waals surface area (Å²) in [5, 5.41) is 9.88. The van der Waals surface area contributed by atoms with Gasteiger partial charge >= 0.3 is 0 Å². The van der Waals surface area contributed by atoms with Gasteiger partial charge in [-0.1, -0.05) is 37.3 Å². The summed E-state index contributed by atoms with van der Waals surface area (Å²) in [5.74, 6) is 0.790. The lowest BCUT2D eigenvalue weighted by atomic mass is 10.1. The SMILES string of the molecule is CCNC(=NCC(C)Sc1ccccc1)NCCc1ccc(NC(C)=O)cc1. The topological polar surface area (TPSA) is 65.5 Å². The molecule has 0 saturated heterocycles. The van der Waals surface area contributed by atoms with Crippen molar-refractivity contribution in [3.8, 4) is 0 Å². The number of aliphatic imine (C=N–C) groups is 1. The first-order valence-electron chi connectivity index (χ1n) is 9.67. The van der Waals surface area contributed by atoms with Crippen LogP contribution in [0, 0.1) is 0 Å². The number of anilines is 1. The van der Waals surface area contributed by atoms with Gasteiger partial charge in [0.1, 0.15) is 0 Å². The molecule has 0 spiro atoms. The first kappa shape index (κ1) is 21.8. The predicted octanol–water partition coefficient (Wildman–Crippen LogP) is 3.92. The van der Waals surface area contributed by atoms with E-state index in [0.29, 0.717) is 5.25 Å². The van der Waals surface area contributed by atoms with Crippen molar-refractivity contribution in [2.24, 2.45) is 4.99 Å². The molecular weight excluding hydrogens is 368 g/mol. The number of carbonyl (C=O) groups excluding carboxylic acids is 1. The molecule has 1 amide bonds. The second-order valence-electron chi connectivity index (χ2n) is 6.52. The Bertz CT molecular complexity index is 747.